The van der Waals surface area contributed by atoms with Gasteiger partial charge in [0.25, 0.3) is 0 Å². The van der Waals surface area contributed by atoms with Gasteiger partial charge in [-0.15, -0.1) is 0 Å². The quantitative estimate of drug-likeness (QED) is 0.369. The summed E-state index contributed by atoms with van der Waals surface area (Å²) in [6, 6.07) is 7.21. The molecule has 2 fully saturated rings. The van der Waals surface area contributed by atoms with Crippen molar-refractivity contribution in [3.05, 3.63) is 36.4 Å². The molecule has 2 aliphatic rings. The van der Waals surface area contributed by atoms with Crippen molar-refractivity contribution in [3.63, 3.8) is 0 Å². The second-order valence-corrected chi connectivity index (χ2v) is 9.73. The number of methoxy groups -OCH3 is 1. The number of rotatable bonds is 11. The molecule has 3 rings (SSSR count). The van der Waals surface area contributed by atoms with Crippen molar-refractivity contribution in [2.75, 3.05) is 20.3 Å². The van der Waals surface area contributed by atoms with Gasteiger partial charge in [-0.05, 0) is 75.6 Å². The highest BCUT2D eigenvalue weighted by Crippen LogP contribution is 2.42. The first-order valence-electron chi connectivity index (χ1n) is 12.5. The molecular weight excluding hydrogens is 436 g/mol. The van der Waals surface area contributed by atoms with E-state index in [1.54, 1.807) is 25.3 Å². The minimum atomic E-state index is -0.765. The average Bonchev–Trinajstić information content (AvgIpc) is 2.97. The zero-order chi connectivity index (χ0) is 24.5. The molecule has 1 heterocycles. The van der Waals surface area contributed by atoms with E-state index in [4.69, 9.17) is 18.9 Å². The summed E-state index contributed by atoms with van der Waals surface area (Å²) in [6.07, 6.45) is 7.18. The van der Waals surface area contributed by atoms with Crippen molar-refractivity contribution in [2.45, 2.75) is 76.8 Å². The normalized spacial score (nSPS) is 27.9. The van der Waals surface area contributed by atoms with Crippen molar-refractivity contribution >= 4 is 5.97 Å². The molecule has 1 saturated carbocycles. The van der Waals surface area contributed by atoms with Gasteiger partial charge >= 0.3 is 5.97 Å². The van der Waals surface area contributed by atoms with Gasteiger partial charge < -0.3 is 29.2 Å². The van der Waals surface area contributed by atoms with Gasteiger partial charge in [0.1, 0.15) is 24.2 Å². The highest BCUT2D eigenvalue weighted by atomic mass is 16.5. The lowest BCUT2D eigenvalue weighted by Crippen LogP contribution is -2.22. The molecule has 1 aliphatic carbocycles. The zero-order valence-corrected chi connectivity index (χ0v) is 20.6. The van der Waals surface area contributed by atoms with E-state index in [1.165, 1.54) is 0 Å². The number of ether oxygens (including phenoxy) is 4. The SMILES string of the molecule is COc1ccc(OC[C@H](O)/C=C/[C@@H]2[C@H]3CC[C@H](CCCC(=O)OC(C)C)CO[C@H]3C[C@H]2O)cc1. The van der Waals surface area contributed by atoms with Gasteiger partial charge in [0.2, 0.25) is 0 Å². The fourth-order valence-corrected chi connectivity index (χ4v) is 4.97. The van der Waals surface area contributed by atoms with E-state index < -0.39 is 12.2 Å². The Morgan fingerprint density at radius 1 is 1.21 bits per heavy atom. The smallest absolute Gasteiger partial charge is 0.306 e. The third-order valence-corrected chi connectivity index (χ3v) is 6.74. The van der Waals surface area contributed by atoms with Crippen LogP contribution in [0.4, 0.5) is 0 Å². The molecule has 190 valence electrons. The maximum absolute atomic E-state index is 11.8. The van der Waals surface area contributed by atoms with Crippen LogP contribution >= 0.6 is 0 Å². The first-order valence-corrected chi connectivity index (χ1v) is 12.5. The van der Waals surface area contributed by atoms with E-state index in [0.29, 0.717) is 31.1 Å². The van der Waals surface area contributed by atoms with Crippen LogP contribution in [0.3, 0.4) is 0 Å². The lowest BCUT2D eigenvalue weighted by atomic mass is 9.86. The maximum atomic E-state index is 11.8. The molecule has 34 heavy (non-hydrogen) atoms. The topological polar surface area (TPSA) is 94.5 Å². The highest BCUT2D eigenvalue weighted by molar-refractivity contribution is 5.69. The van der Waals surface area contributed by atoms with Crippen LogP contribution in [0.15, 0.2) is 36.4 Å². The summed E-state index contributed by atoms with van der Waals surface area (Å²) < 4.78 is 22.2. The number of carbonyl (C=O) groups excluding carboxylic acids is 1. The van der Waals surface area contributed by atoms with Gasteiger partial charge in [0.05, 0.1) is 25.4 Å². The molecule has 0 spiro atoms. The van der Waals surface area contributed by atoms with E-state index in [9.17, 15) is 15.0 Å². The molecule has 0 unspecified atom stereocenters. The van der Waals surface area contributed by atoms with Crippen molar-refractivity contribution in [1.82, 2.24) is 0 Å². The molecule has 0 aromatic heterocycles. The Balaban J connectivity index is 1.44. The monoisotopic (exact) mass is 476 g/mol. The van der Waals surface area contributed by atoms with Crippen LogP contribution in [0.25, 0.3) is 0 Å². The minimum Gasteiger partial charge on any atom is -0.497 e. The predicted molar refractivity (Wildman–Crippen MR) is 129 cm³/mol. The van der Waals surface area contributed by atoms with Gasteiger partial charge in [0, 0.05) is 25.4 Å². The molecule has 1 aromatic rings. The number of aliphatic hydroxyl groups is 2. The lowest BCUT2D eigenvalue weighted by Gasteiger charge is -2.21. The van der Waals surface area contributed by atoms with Gasteiger partial charge in [-0.1, -0.05) is 12.2 Å². The van der Waals surface area contributed by atoms with Crippen LogP contribution in [0.2, 0.25) is 0 Å². The summed E-state index contributed by atoms with van der Waals surface area (Å²) in [7, 11) is 1.61. The molecule has 1 aliphatic heterocycles. The number of hydrogen-bond acceptors (Lipinski definition) is 7. The minimum absolute atomic E-state index is 0.0354. The molecule has 2 N–H and O–H groups in total. The molecule has 0 radical (unpaired) electrons. The number of carbonyl (C=O) groups is 1. The van der Waals surface area contributed by atoms with Gasteiger partial charge in [-0.2, -0.15) is 0 Å². The van der Waals surface area contributed by atoms with Crippen LogP contribution in [-0.2, 0) is 14.3 Å². The van der Waals surface area contributed by atoms with Crippen LogP contribution in [0, 0.1) is 17.8 Å². The van der Waals surface area contributed by atoms with Gasteiger partial charge in [-0.25, -0.2) is 0 Å². The van der Waals surface area contributed by atoms with Crippen LogP contribution in [0.1, 0.15) is 52.4 Å². The zero-order valence-electron chi connectivity index (χ0n) is 20.6. The van der Waals surface area contributed by atoms with Crippen molar-refractivity contribution in [1.29, 1.82) is 0 Å². The summed E-state index contributed by atoms with van der Waals surface area (Å²) in [5, 5.41) is 21.0. The molecule has 0 amide bonds. The molecule has 7 heteroatoms. The number of hydrogen-bond donors (Lipinski definition) is 2. The summed E-state index contributed by atoms with van der Waals surface area (Å²) in [4.78, 5) is 11.8. The lowest BCUT2D eigenvalue weighted by molar-refractivity contribution is -0.147. The number of aliphatic hydroxyl groups excluding tert-OH is 2. The second kappa shape index (κ2) is 13.1. The predicted octanol–water partition coefficient (Wildman–Crippen LogP) is 3.91. The maximum Gasteiger partial charge on any atom is 0.306 e. The molecule has 6 atom stereocenters. The Kier molecular flexibility index (Phi) is 10.2. The highest BCUT2D eigenvalue weighted by Gasteiger charge is 2.43. The third-order valence-electron chi connectivity index (χ3n) is 6.74. The first kappa shape index (κ1) is 26.5. The van der Waals surface area contributed by atoms with Gasteiger partial charge in [0.15, 0.2) is 0 Å². The Morgan fingerprint density at radius 2 is 1.94 bits per heavy atom. The van der Waals surface area contributed by atoms with Gasteiger partial charge in [-0.3, -0.25) is 4.79 Å². The summed E-state index contributed by atoms with van der Waals surface area (Å²) in [5.74, 6) is 1.89. The molecule has 1 saturated heterocycles. The fraction of sp³-hybridized carbons (Fsp3) is 0.667. The second-order valence-electron chi connectivity index (χ2n) is 9.73. The van der Waals surface area contributed by atoms with Crippen LogP contribution < -0.4 is 9.47 Å². The average molecular weight is 477 g/mol. The van der Waals surface area contributed by atoms with Crippen LogP contribution in [0.5, 0.6) is 11.5 Å². The largest absolute Gasteiger partial charge is 0.497 e. The van der Waals surface area contributed by atoms with Crippen LogP contribution in [-0.4, -0.2) is 60.9 Å². The number of benzene rings is 1. The summed E-state index contributed by atoms with van der Waals surface area (Å²) >= 11 is 0. The molecule has 0 bridgehead atoms. The Labute approximate surface area is 203 Å². The first-order chi connectivity index (χ1) is 16.4. The van der Waals surface area contributed by atoms with E-state index in [-0.39, 0.29) is 36.6 Å². The fourth-order valence-electron chi connectivity index (χ4n) is 4.97. The van der Waals surface area contributed by atoms with E-state index in [2.05, 4.69) is 0 Å². The molecular formula is C27H40O7. The van der Waals surface area contributed by atoms with Crippen molar-refractivity contribution in [2.24, 2.45) is 17.8 Å². The summed E-state index contributed by atoms with van der Waals surface area (Å²) in [5.41, 5.74) is 0. The molecule has 1 aromatic carbocycles. The van der Waals surface area contributed by atoms with Crippen molar-refractivity contribution < 1.29 is 34.0 Å². The van der Waals surface area contributed by atoms with E-state index in [1.807, 2.05) is 32.1 Å². The Morgan fingerprint density at radius 3 is 2.65 bits per heavy atom. The Bertz CT molecular complexity index is 776. The van der Waals surface area contributed by atoms with E-state index in [0.717, 1.165) is 31.4 Å². The van der Waals surface area contributed by atoms with Crippen molar-refractivity contribution in [3.8, 4) is 11.5 Å². The number of fused-ring (bicyclic) bond motifs is 1. The number of esters is 1. The third kappa shape index (κ3) is 8.00. The molecule has 7 nitrogen and oxygen atoms in total. The standard InChI is InChI=1S/C27H40O7/c1-18(2)34-27(30)6-4-5-19-7-13-24-23(25(29)15-26(24)33-16-19)14-8-20(28)17-32-22-11-9-21(31-3)10-12-22/h8-12,14,18-20,23-26,28-29H,4-7,13,15-17H2,1-3H3/b14-8+/t19-,20+,23+,24+,25+,26-/m0/s1. The Hall–Kier alpha value is -2.09. The summed E-state index contributed by atoms with van der Waals surface area (Å²) in [6.45, 7) is 4.53. The van der Waals surface area contributed by atoms with E-state index >= 15 is 0 Å².